The predicted octanol–water partition coefficient (Wildman–Crippen LogP) is 1.30. The summed E-state index contributed by atoms with van der Waals surface area (Å²) in [4.78, 5) is 23.5. The number of benzene rings is 1. The highest BCUT2D eigenvalue weighted by molar-refractivity contribution is 5.85. The Morgan fingerprint density at radius 1 is 1.20 bits per heavy atom. The van der Waals surface area contributed by atoms with E-state index in [0.29, 0.717) is 19.6 Å². The number of rotatable bonds is 8. The number of carbonyl (C=O) groups is 1. The Balaban J connectivity index is 0.00000312. The first-order chi connectivity index (χ1) is 11.6. The van der Waals surface area contributed by atoms with Gasteiger partial charge in [0.1, 0.15) is 0 Å². The van der Waals surface area contributed by atoms with Crippen molar-refractivity contribution in [1.29, 1.82) is 0 Å². The second-order valence-corrected chi connectivity index (χ2v) is 5.56. The van der Waals surface area contributed by atoms with Crippen LogP contribution in [-0.4, -0.2) is 30.2 Å². The second kappa shape index (κ2) is 10.7. The van der Waals surface area contributed by atoms with Crippen molar-refractivity contribution >= 4 is 18.3 Å². The number of hydrogen-bond acceptors (Lipinski definition) is 4. The van der Waals surface area contributed by atoms with Gasteiger partial charge in [0.25, 0.3) is 5.56 Å². The van der Waals surface area contributed by atoms with Crippen LogP contribution in [0.2, 0.25) is 0 Å². The molecular weight excluding hydrogens is 342 g/mol. The molecule has 3 N–H and O–H groups in total. The number of methoxy groups -OCH3 is 1. The molecular formula is C18H24ClN3O3. The molecule has 0 aliphatic heterocycles. The monoisotopic (exact) mass is 365 g/mol. The molecule has 1 atom stereocenters. The number of aromatic nitrogens is 1. The highest BCUT2D eigenvalue weighted by Crippen LogP contribution is 2.06. The Kier molecular flexibility index (Phi) is 8.91. The maximum Gasteiger partial charge on any atom is 0.250 e. The van der Waals surface area contributed by atoms with Crippen molar-refractivity contribution < 1.29 is 9.53 Å². The van der Waals surface area contributed by atoms with E-state index in [1.54, 1.807) is 30.0 Å². The highest BCUT2D eigenvalue weighted by Gasteiger charge is 2.10. The average molecular weight is 366 g/mol. The van der Waals surface area contributed by atoms with E-state index < -0.39 is 0 Å². The molecule has 1 unspecified atom stereocenters. The van der Waals surface area contributed by atoms with Crippen molar-refractivity contribution in [3.63, 3.8) is 0 Å². The van der Waals surface area contributed by atoms with Crippen molar-refractivity contribution in [2.75, 3.05) is 13.7 Å². The number of carbonyl (C=O) groups excluding carboxylic acids is 1. The van der Waals surface area contributed by atoms with E-state index in [-0.39, 0.29) is 36.4 Å². The van der Waals surface area contributed by atoms with E-state index in [1.165, 1.54) is 0 Å². The minimum absolute atomic E-state index is 0. The van der Waals surface area contributed by atoms with Crippen LogP contribution in [0.15, 0.2) is 53.5 Å². The quantitative estimate of drug-likeness (QED) is 0.738. The Hall–Kier alpha value is -2.15. The summed E-state index contributed by atoms with van der Waals surface area (Å²) in [6, 6.07) is 12.9. The minimum Gasteiger partial charge on any atom is -0.380 e. The molecule has 6 nitrogen and oxygen atoms in total. The normalized spacial score (nSPS) is 11.4. The maximum atomic E-state index is 11.8. The van der Waals surface area contributed by atoms with Crippen LogP contribution in [0, 0.1) is 0 Å². The van der Waals surface area contributed by atoms with Crippen LogP contribution in [0.25, 0.3) is 0 Å². The number of pyridine rings is 1. The number of nitrogens with zero attached hydrogens (tertiary/aromatic N) is 1. The van der Waals surface area contributed by atoms with Gasteiger partial charge >= 0.3 is 0 Å². The lowest BCUT2D eigenvalue weighted by Gasteiger charge is -2.12. The van der Waals surface area contributed by atoms with Crippen molar-refractivity contribution in [2.45, 2.75) is 25.6 Å². The van der Waals surface area contributed by atoms with E-state index in [4.69, 9.17) is 10.5 Å². The number of amides is 1. The molecule has 1 amide bonds. The fourth-order valence-corrected chi connectivity index (χ4v) is 2.29. The first-order valence-electron chi connectivity index (χ1n) is 7.85. The molecule has 0 spiro atoms. The van der Waals surface area contributed by atoms with Gasteiger partial charge in [-0.3, -0.25) is 9.59 Å². The van der Waals surface area contributed by atoms with Gasteiger partial charge in [-0.25, -0.2) is 0 Å². The molecule has 0 aliphatic carbocycles. The van der Waals surface area contributed by atoms with Gasteiger partial charge in [-0.1, -0.05) is 30.3 Å². The van der Waals surface area contributed by atoms with Crippen LogP contribution in [-0.2, 0) is 22.6 Å². The van der Waals surface area contributed by atoms with Crippen molar-refractivity contribution in [3.05, 3.63) is 70.1 Å². The molecule has 0 fully saturated rings. The molecule has 0 bridgehead atoms. The summed E-state index contributed by atoms with van der Waals surface area (Å²) >= 11 is 0. The standard InChI is InChI=1S/C18H23N3O3.ClH/c1-24-16(11-19)10-17(22)20-12-14-5-7-15(8-6-14)13-21-9-3-2-4-18(21)23;/h2-9,16H,10-13,19H2,1H3,(H,20,22);1H. The summed E-state index contributed by atoms with van der Waals surface area (Å²) in [5.74, 6) is -0.0905. The summed E-state index contributed by atoms with van der Waals surface area (Å²) in [6.07, 6.45) is 1.76. The van der Waals surface area contributed by atoms with Crippen molar-refractivity contribution in [3.8, 4) is 0 Å². The summed E-state index contributed by atoms with van der Waals surface area (Å²) in [7, 11) is 1.54. The zero-order valence-corrected chi connectivity index (χ0v) is 15.0. The topological polar surface area (TPSA) is 86.3 Å². The minimum atomic E-state index is -0.253. The SMILES string of the molecule is COC(CN)CC(=O)NCc1ccc(Cn2ccccc2=O)cc1.Cl. The number of nitrogens with one attached hydrogen (secondary N) is 1. The Labute approximate surface area is 153 Å². The maximum absolute atomic E-state index is 11.8. The summed E-state index contributed by atoms with van der Waals surface area (Å²) in [5, 5.41) is 2.85. The number of nitrogens with two attached hydrogens (primary N) is 1. The van der Waals surface area contributed by atoms with Crippen LogP contribution < -0.4 is 16.6 Å². The van der Waals surface area contributed by atoms with Crippen LogP contribution >= 0.6 is 12.4 Å². The molecule has 136 valence electrons. The van der Waals surface area contributed by atoms with Crippen molar-refractivity contribution in [1.82, 2.24) is 9.88 Å². The fourth-order valence-electron chi connectivity index (χ4n) is 2.29. The Bertz CT molecular complexity index is 712. The average Bonchev–Trinajstić information content (AvgIpc) is 2.61. The highest BCUT2D eigenvalue weighted by atomic mass is 35.5. The lowest BCUT2D eigenvalue weighted by Crippen LogP contribution is -2.31. The third-order valence-corrected chi connectivity index (χ3v) is 3.77. The third-order valence-electron chi connectivity index (χ3n) is 3.77. The van der Waals surface area contributed by atoms with E-state index in [1.807, 2.05) is 30.3 Å². The molecule has 0 saturated carbocycles. The largest absolute Gasteiger partial charge is 0.380 e. The molecule has 1 aromatic carbocycles. The smallest absolute Gasteiger partial charge is 0.250 e. The molecule has 0 radical (unpaired) electrons. The predicted molar refractivity (Wildman–Crippen MR) is 99.8 cm³/mol. The van der Waals surface area contributed by atoms with Gasteiger partial charge in [0, 0.05) is 32.5 Å². The van der Waals surface area contributed by atoms with Crippen molar-refractivity contribution in [2.24, 2.45) is 5.73 Å². The molecule has 25 heavy (non-hydrogen) atoms. The molecule has 2 rings (SSSR count). The Morgan fingerprint density at radius 3 is 2.48 bits per heavy atom. The van der Waals surface area contributed by atoms with Gasteiger partial charge < -0.3 is 20.4 Å². The molecule has 1 heterocycles. The Morgan fingerprint density at radius 2 is 1.88 bits per heavy atom. The molecule has 0 saturated heterocycles. The van der Waals surface area contributed by atoms with Crippen LogP contribution in [0.3, 0.4) is 0 Å². The first kappa shape index (κ1) is 20.9. The van der Waals surface area contributed by atoms with Gasteiger partial charge in [-0.2, -0.15) is 0 Å². The lowest BCUT2D eigenvalue weighted by molar-refractivity contribution is -0.123. The number of hydrogen-bond donors (Lipinski definition) is 2. The van der Waals surface area contributed by atoms with E-state index in [2.05, 4.69) is 5.32 Å². The fraction of sp³-hybridized carbons (Fsp3) is 0.333. The van der Waals surface area contributed by atoms with Gasteiger partial charge in [-0.05, 0) is 17.2 Å². The number of halogens is 1. The van der Waals surface area contributed by atoms with Gasteiger partial charge in [0.05, 0.1) is 19.1 Å². The summed E-state index contributed by atoms with van der Waals surface area (Å²) in [5.41, 5.74) is 7.50. The first-order valence-corrected chi connectivity index (χ1v) is 7.85. The summed E-state index contributed by atoms with van der Waals surface area (Å²) < 4.78 is 6.74. The third kappa shape index (κ3) is 6.70. The zero-order valence-electron chi connectivity index (χ0n) is 14.2. The van der Waals surface area contributed by atoms with Crippen LogP contribution in [0.5, 0.6) is 0 Å². The van der Waals surface area contributed by atoms with Gasteiger partial charge in [-0.15, -0.1) is 12.4 Å². The van der Waals surface area contributed by atoms with E-state index >= 15 is 0 Å². The number of ether oxygens (including phenoxy) is 1. The lowest BCUT2D eigenvalue weighted by atomic mass is 10.1. The zero-order chi connectivity index (χ0) is 17.4. The molecule has 0 aliphatic rings. The van der Waals surface area contributed by atoms with E-state index in [9.17, 15) is 9.59 Å². The van der Waals surface area contributed by atoms with Crippen LogP contribution in [0.1, 0.15) is 17.5 Å². The van der Waals surface area contributed by atoms with Gasteiger partial charge in [0.2, 0.25) is 5.91 Å². The van der Waals surface area contributed by atoms with Crippen LogP contribution in [0.4, 0.5) is 0 Å². The molecule has 7 heteroatoms. The van der Waals surface area contributed by atoms with Gasteiger partial charge in [0.15, 0.2) is 0 Å². The second-order valence-electron chi connectivity index (χ2n) is 5.56. The van der Waals surface area contributed by atoms with E-state index in [0.717, 1.165) is 11.1 Å². The molecule has 1 aromatic heterocycles. The molecule has 2 aromatic rings. The summed E-state index contributed by atoms with van der Waals surface area (Å²) in [6.45, 7) is 1.29.